The van der Waals surface area contributed by atoms with E-state index in [4.69, 9.17) is 0 Å². The summed E-state index contributed by atoms with van der Waals surface area (Å²) in [7, 11) is -3.62. The Bertz CT molecular complexity index is 1070. The summed E-state index contributed by atoms with van der Waals surface area (Å²) in [5.74, 6) is -0.746. The van der Waals surface area contributed by atoms with Crippen LogP contribution in [0.3, 0.4) is 0 Å². The minimum Gasteiger partial charge on any atom is -0.435 e. The summed E-state index contributed by atoms with van der Waals surface area (Å²) >= 11 is 0. The van der Waals surface area contributed by atoms with Crippen molar-refractivity contribution in [2.75, 3.05) is 18.4 Å². The van der Waals surface area contributed by atoms with Crippen molar-refractivity contribution in [2.45, 2.75) is 25.4 Å². The van der Waals surface area contributed by atoms with Crippen molar-refractivity contribution in [2.24, 2.45) is 0 Å². The van der Waals surface area contributed by atoms with E-state index in [1.54, 1.807) is 19.9 Å². The number of carbonyl (C=O) groups is 1. The standard InChI is InChI=1S/C21H21F2N3O4S/c1-3-26(4-2)31(28,29)19-11-7-17(8-12-19)25-20(27)16(14-24)13-15-5-9-18(10-6-15)30-21(22)23/h5-13,21H,3-4H2,1-2H3,(H,25,27)/b16-13-. The summed E-state index contributed by atoms with van der Waals surface area (Å²) in [6, 6.07) is 12.8. The highest BCUT2D eigenvalue weighted by Gasteiger charge is 2.21. The van der Waals surface area contributed by atoms with E-state index < -0.39 is 22.5 Å². The smallest absolute Gasteiger partial charge is 0.387 e. The van der Waals surface area contributed by atoms with Gasteiger partial charge in [0.1, 0.15) is 17.4 Å². The Hall–Kier alpha value is -3.29. The average molecular weight is 449 g/mol. The lowest BCUT2D eigenvalue weighted by molar-refractivity contribution is -0.112. The summed E-state index contributed by atoms with van der Waals surface area (Å²) in [5, 5.41) is 11.8. The van der Waals surface area contributed by atoms with Crippen molar-refractivity contribution in [1.29, 1.82) is 5.26 Å². The Morgan fingerprint density at radius 2 is 1.71 bits per heavy atom. The van der Waals surface area contributed by atoms with Crippen LogP contribution in [-0.2, 0) is 14.8 Å². The first-order valence-corrected chi connectivity index (χ1v) is 10.7. The minimum atomic E-state index is -3.62. The van der Waals surface area contributed by atoms with Gasteiger partial charge in [0.2, 0.25) is 10.0 Å². The van der Waals surface area contributed by atoms with E-state index in [2.05, 4.69) is 10.1 Å². The predicted molar refractivity (Wildman–Crippen MR) is 112 cm³/mol. The number of halogens is 2. The van der Waals surface area contributed by atoms with Gasteiger partial charge in [-0.15, -0.1) is 0 Å². The van der Waals surface area contributed by atoms with Crippen molar-refractivity contribution in [3.63, 3.8) is 0 Å². The topological polar surface area (TPSA) is 99.5 Å². The van der Waals surface area contributed by atoms with Crippen molar-refractivity contribution in [3.8, 4) is 11.8 Å². The van der Waals surface area contributed by atoms with Gasteiger partial charge in [-0.2, -0.15) is 18.3 Å². The number of ether oxygens (including phenoxy) is 1. The SMILES string of the molecule is CCN(CC)S(=O)(=O)c1ccc(NC(=O)/C(C#N)=C\c2ccc(OC(F)F)cc2)cc1. The molecule has 0 aliphatic carbocycles. The fraction of sp³-hybridized carbons (Fsp3) is 0.238. The van der Waals surface area contributed by atoms with Crippen molar-refractivity contribution >= 4 is 27.7 Å². The number of amides is 1. The number of nitrogens with zero attached hydrogens (tertiary/aromatic N) is 2. The maximum absolute atomic E-state index is 12.5. The molecule has 7 nitrogen and oxygen atoms in total. The van der Waals surface area contributed by atoms with Crippen LogP contribution < -0.4 is 10.1 Å². The summed E-state index contributed by atoms with van der Waals surface area (Å²) < 4.78 is 55.0. The van der Waals surface area contributed by atoms with Crippen LogP contribution in [0.25, 0.3) is 6.08 Å². The summed E-state index contributed by atoms with van der Waals surface area (Å²) in [5.41, 5.74) is 0.529. The predicted octanol–water partition coefficient (Wildman–Crippen LogP) is 3.86. The van der Waals surface area contributed by atoms with E-state index in [9.17, 15) is 27.3 Å². The molecule has 31 heavy (non-hydrogen) atoms. The van der Waals surface area contributed by atoms with Gasteiger partial charge in [-0.3, -0.25) is 4.79 Å². The first-order chi connectivity index (χ1) is 14.7. The lowest BCUT2D eigenvalue weighted by Crippen LogP contribution is -2.30. The molecule has 2 aromatic rings. The monoisotopic (exact) mass is 449 g/mol. The van der Waals surface area contributed by atoms with Crippen LogP contribution in [0.4, 0.5) is 14.5 Å². The Morgan fingerprint density at radius 3 is 2.19 bits per heavy atom. The van der Waals surface area contributed by atoms with Crippen LogP contribution in [0.15, 0.2) is 59.0 Å². The van der Waals surface area contributed by atoms with E-state index in [-0.39, 0.29) is 16.2 Å². The Labute approximate surface area is 179 Å². The number of anilines is 1. The number of rotatable bonds is 9. The molecule has 164 valence electrons. The molecule has 0 atom stereocenters. The van der Waals surface area contributed by atoms with Crippen molar-refractivity contribution in [3.05, 3.63) is 59.7 Å². The normalized spacial score (nSPS) is 12.0. The van der Waals surface area contributed by atoms with E-state index in [0.717, 1.165) is 0 Å². The molecule has 0 fully saturated rings. The quantitative estimate of drug-likeness (QED) is 0.463. The largest absolute Gasteiger partial charge is 0.435 e. The van der Waals surface area contributed by atoms with E-state index >= 15 is 0 Å². The fourth-order valence-electron chi connectivity index (χ4n) is 2.68. The molecule has 2 rings (SSSR count). The van der Waals surface area contributed by atoms with Crippen LogP contribution in [0.5, 0.6) is 5.75 Å². The number of nitriles is 1. The summed E-state index contributed by atoms with van der Waals surface area (Å²) in [4.78, 5) is 12.5. The molecule has 0 aromatic heterocycles. The van der Waals surface area contributed by atoms with Gasteiger partial charge in [0.25, 0.3) is 5.91 Å². The molecule has 0 saturated heterocycles. The average Bonchev–Trinajstić information content (AvgIpc) is 2.73. The molecule has 10 heteroatoms. The van der Waals surface area contributed by atoms with Gasteiger partial charge in [-0.1, -0.05) is 26.0 Å². The second kappa shape index (κ2) is 10.7. The zero-order chi connectivity index (χ0) is 23.0. The minimum absolute atomic E-state index is 0.0464. The van der Waals surface area contributed by atoms with Gasteiger partial charge in [0.15, 0.2) is 0 Å². The second-order valence-corrected chi connectivity index (χ2v) is 8.12. The fourth-order valence-corrected chi connectivity index (χ4v) is 4.14. The molecule has 2 aromatic carbocycles. The maximum atomic E-state index is 12.5. The molecule has 0 saturated carbocycles. The van der Waals surface area contributed by atoms with E-state index in [1.165, 1.54) is 58.9 Å². The molecule has 0 heterocycles. The molecule has 0 bridgehead atoms. The third-order valence-electron chi connectivity index (χ3n) is 4.24. The van der Waals surface area contributed by atoms with Crippen LogP contribution in [-0.4, -0.2) is 38.3 Å². The number of hydrogen-bond donors (Lipinski definition) is 1. The Morgan fingerprint density at radius 1 is 1.13 bits per heavy atom. The maximum Gasteiger partial charge on any atom is 0.387 e. The van der Waals surface area contributed by atoms with E-state index in [1.807, 2.05) is 0 Å². The Balaban J connectivity index is 2.14. The van der Waals surface area contributed by atoms with Crippen LogP contribution in [0.2, 0.25) is 0 Å². The van der Waals surface area contributed by atoms with Gasteiger partial charge in [0, 0.05) is 18.8 Å². The summed E-state index contributed by atoms with van der Waals surface area (Å²) in [6.07, 6.45) is 1.29. The first kappa shape index (κ1) is 24.0. The number of benzene rings is 2. The first-order valence-electron chi connectivity index (χ1n) is 9.29. The summed E-state index contributed by atoms with van der Waals surface area (Å²) in [6.45, 7) is 1.21. The zero-order valence-electron chi connectivity index (χ0n) is 16.9. The zero-order valence-corrected chi connectivity index (χ0v) is 17.7. The molecule has 0 spiro atoms. The molecular weight excluding hydrogens is 428 g/mol. The van der Waals surface area contributed by atoms with Gasteiger partial charge in [0.05, 0.1) is 4.90 Å². The second-order valence-electron chi connectivity index (χ2n) is 6.19. The van der Waals surface area contributed by atoms with Gasteiger partial charge in [-0.25, -0.2) is 8.42 Å². The number of carbonyl (C=O) groups excluding carboxylic acids is 1. The highest BCUT2D eigenvalue weighted by Crippen LogP contribution is 2.20. The van der Waals surface area contributed by atoms with Crippen LogP contribution in [0.1, 0.15) is 19.4 Å². The van der Waals surface area contributed by atoms with Gasteiger partial charge < -0.3 is 10.1 Å². The van der Waals surface area contributed by atoms with Gasteiger partial charge >= 0.3 is 6.61 Å². The number of sulfonamides is 1. The van der Waals surface area contributed by atoms with E-state index in [0.29, 0.717) is 24.3 Å². The van der Waals surface area contributed by atoms with Crippen LogP contribution in [0, 0.1) is 11.3 Å². The lowest BCUT2D eigenvalue weighted by Gasteiger charge is -2.18. The highest BCUT2D eigenvalue weighted by molar-refractivity contribution is 7.89. The third kappa shape index (κ3) is 6.34. The van der Waals surface area contributed by atoms with Crippen LogP contribution >= 0.6 is 0 Å². The molecule has 1 amide bonds. The molecule has 0 radical (unpaired) electrons. The number of alkyl halides is 2. The molecule has 0 aliphatic heterocycles. The lowest BCUT2D eigenvalue weighted by atomic mass is 10.1. The van der Waals surface area contributed by atoms with Crippen molar-refractivity contribution in [1.82, 2.24) is 4.31 Å². The molecule has 0 aliphatic rings. The molecule has 0 unspecified atom stereocenters. The Kier molecular flexibility index (Phi) is 8.24. The third-order valence-corrected chi connectivity index (χ3v) is 6.30. The van der Waals surface area contributed by atoms with Gasteiger partial charge in [-0.05, 0) is 48.0 Å². The highest BCUT2D eigenvalue weighted by atomic mass is 32.2. The number of hydrogen-bond acceptors (Lipinski definition) is 5. The van der Waals surface area contributed by atoms with Crippen molar-refractivity contribution < 1.29 is 26.7 Å². The molecule has 1 N–H and O–H groups in total. The number of nitrogens with one attached hydrogen (secondary N) is 1. The molecular formula is C21H21F2N3O4S.